The highest BCUT2D eigenvalue weighted by Crippen LogP contribution is 2.27. The van der Waals surface area contributed by atoms with Crippen LogP contribution in [0.4, 0.5) is 10.5 Å². The summed E-state index contributed by atoms with van der Waals surface area (Å²) >= 11 is 3.38. The van der Waals surface area contributed by atoms with Crippen LogP contribution in [0, 0.1) is 13.8 Å². The molecule has 0 fully saturated rings. The summed E-state index contributed by atoms with van der Waals surface area (Å²) in [4.78, 5) is 22.8. The molecule has 0 saturated carbocycles. The van der Waals surface area contributed by atoms with Gasteiger partial charge < -0.3 is 15.7 Å². The average Bonchev–Trinajstić information content (AvgIpc) is 2.22. The fourth-order valence-corrected chi connectivity index (χ4v) is 2.33. The maximum Gasteiger partial charge on any atom is 0.328 e. The molecular formula is C13H17BrN2O3. The van der Waals surface area contributed by atoms with Gasteiger partial charge in [-0.05, 0) is 60.8 Å². The first kappa shape index (κ1) is 15.5. The van der Waals surface area contributed by atoms with Crippen molar-refractivity contribution in [2.24, 2.45) is 0 Å². The Labute approximate surface area is 120 Å². The monoisotopic (exact) mass is 328 g/mol. The summed E-state index contributed by atoms with van der Waals surface area (Å²) in [7, 11) is 0. The van der Waals surface area contributed by atoms with Gasteiger partial charge in [0.25, 0.3) is 0 Å². The van der Waals surface area contributed by atoms with Crippen LogP contribution < -0.4 is 10.6 Å². The lowest BCUT2D eigenvalue weighted by atomic mass is 10.1. The Morgan fingerprint density at radius 2 is 1.84 bits per heavy atom. The number of hydrogen-bond donors (Lipinski definition) is 3. The van der Waals surface area contributed by atoms with Crippen molar-refractivity contribution >= 4 is 33.6 Å². The summed E-state index contributed by atoms with van der Waals surface area (Å²) in [5, 5.41) is 14.0. The number of rotatable bonds is 3. The summed E-state index contributed by atoms with van der Waals surface area (Å²) in [5.74, 6) is -1.10. The van der Waals surface area contributed by atoms with E-state index >= 15 is 0 Å². The largest absolute Gasteiger partial charge is 0.480 e. The Kier molecular flexibility index (Phi) is 4.57. The number of aryl methyl sites for hydroxylation is 2. The molecule has 0 unspecified atom stereocenters. The Bertz CT molecular complexity index is 504. The molecule has 5 nitrogen and oxygen atoms in total. The van der Waals surface area contributed by atoms with Crippen molar-refractivity contribution < 1.29 is 14.7 Å². The number of benzene rings is 1. The lowest BCUT2D eigenvalue weighted by Crippen LogP contribution is -2.51. The van der Waals surface area contributed by atoms with Gasteiger partial charge in [-0.25, -0.2) is 9.59 Å². The lowest BCUT2D eigenvalue weighted by molar-refractivity contribution is -0.142. The average molecular weight is 329 g/mol. The van der Waals surface area contributed by atoms with E-state index in [1.807, 2.05) is 26.0 Å². The summed E-state index contributed by atoms with van der Waals surface area (Å²) in [6.07, 6.45) is 0. The minimum absolute atomic E-state index is 0.556. The van der Waals surface area contributed by atoms with Crippen molar-refractivity contribution in [1.82, 2.24) is 5.32 Å². The summed E-state index contributed by atoms with van der Waals surface area (Å²) < 4.78 is 0.758. The molecule has 0 saturated heterocycles. The van der Waals surface area contributed by atoms with E-state index in [1.165, 1.54) is 13.8 Å². The normalized spacial score (nSPS) is 11.0. The van der Waals surface area contributed by atoms with Crippen molar-refractivity contribution in [2.45, 2.75) is 33.2 Å². The Morgan fingerprint density at radius 1 is 1.26 bits per heavy atom. The number of carbonyl (C=O) groups is 2. The fraction of sp³-hybridized carbons (Fsp3) is 0.385. The smallest absolute Gasteiger partial charge is 0.328 e. The zero-order valence-corrected chi connectivity index (χ0v) is 12.9. The summed E-state index contributed by atoms with van der Waals surface area (Å²) in [6.45, 7) is 6.67. The minimum Gasteiger partial charge on any atom is -0.480 e. The molecule has 0 aliphatic heterocycles. The van der Waals surface area contributed by atoms with E-state index in [9.17, 15) is 9.59 Å². The van der Waals surface area contributed by atoms with Gasteiger partial charge in [0.05, 0.1) is 5.69 Å². The zero-order valence-electron chi connectivity index (χ0n) is 11.3. The van der Waals surface area contributed by atoms with Crippen LogP contribution in [0.15, 0.2) is 16.6 Å². The van der Waals surface area contributed by atoms with Crippen molar-refractivity contribution in [3.05, 3.63) is 27.7 Å². The highest BCUT2D eigenvalue weighted by molar-refractivity contribution is 9.10. The molecule has 104 valence electrons. The highest BCUT2D eigenvalue weighted by atomic mass is 79.9. The molecule has 0 radical (unpaired) electrons. The first-order chi connectivity index (χ1) is 8.63. The first-order valence-electron chi connectivity index (χ1n) is 5.73. The van der Waals surface area contributed by atoms with Gasteiger partial charge in [0.2, 0.25) is 0 Å². The molecule has 0 atom stereocenters. The zero-order chi connectivity index (χ0) is 14.8. The van der Waals surface area contributed by atoms with E-state index in [-0.39, 0.29) is 0 Å². The van der Waals surface area contributed by atoms with Crippen LogP contribution in [0.2, 0.25) is 0 Å². The number of nitrogens with one attached hydrogen (secondary N) is 2. The SMILES string of the molecule is Cc1cc(C)c(NC(=O)NC(C)(C)C(=O)O)c(Br)c1. The molecule has 19 heavy (non-hydrogen) atoms. The number of carboxylic acid groups (broad SMARTS) is 1. The van der Waals surface area contributed by atoms with Crippen LogP contribution in [0.5, 0.6) is 0 Å². The molecule has 0 aromatic heterocycles. The molecule has 0 spiro atoms. The predicted octanol–water partition coefficient (Wildman–Crippen LogP) is 3.05. The number of halogens is 1. The molecule has 1 aromatic rings. The van der Waals surface area contributed by atoms with Gasteiger partial charge in [-0.2, -0.15) is 0 Å². The van der Waals surface area contributed by atoms with E-state index in [1.54, 1.807) is 0 Å². The third-order valence-electron chi connectivity index (χ3n) is 2.63. The van der Waals surface area contributed by atoms with Crippen LogP contribution in [-0.2, 0) is 4.79 Å². The molecule has 0 aliphatic rings. The van der Waals surface area contributed by atoms with Crippen LogP contribution in [-0.4, -0.2) is 22.6 Å². The molecule has 1 rings (SSSR count). The van der Waals surface area contributed by atoms with Crippen molar-refractivity contribution in [3.8, 4) is 0 Å². The first-order valence-corrected chi connectivity index (χ1v) is 6.52. The molecule has 0 heterocycles. The van der Waals surface area contributed by atoms with Gasteiger partial charge in [0, 0.05) is 4.47 Å². The van der Waals surface area contributed by atoms with Gasteiger partial charge in [0.15, 0.2) is 0 Å². The third kappa shape index (κ3) is 3.96. The number of hydrogen-bond acceptors (Lipinski definition) is 2. The Balaban J connectivity index is 2.87. The second-order valence-electron chi connectivity index (χ2n) is 4.95. The molecule has 3 N–H and O–H groups in total. The molecular weight excluding hydrogens is 312 g/mol. The van der Waals surface area contributed by atoms with E-state index in [4.69, 9.17) is 5.11 Å². The Hall–Kier alpha value is -1.56. The number of urea groups is 1. The number of aliphatic carboxylic acids is 1. The second-order valence-corrected chi connectivity index (χ2v) is 5.80. The van der Waals surface area contributed by atoms with Gasteiger partial charge in [0.1, 0.15) is 5.54 Å². The molecule has 6 heteroatoms. The lowest BCUT2D eigenvalue weighted by Gasteiger charge is -2.22. The van der Waals surface area contributed by atoms with Crippen LogP contribution >= 0.6 is 15.9 Å². The van der Waals surface area contributed by atoms with E-state index in [2.05, 4.69) is 26.6 Å². The van der Waals surface area contributed by atoms with Gasteiger partial charge in [-0.15, -0.1) is 0 Å². The summed E-state index contributed by atoms with van der Waals surface area (Å²) in [5.41, 5.74) is 1.27. The number of anilines is 1. The maximum absolute atomic E-state index is 11.8. The standard InChI is InChI=1S/C13H17BrN2O3/c1-7-5-8(2)10(9(14)6-7)15-12(19)16-13(3,4)11(17)18/h5-6H,1-4H3,(H,17,18)(H2,15,16,19). The molecule has 1 aromatic carbocycles. The Morgan fingerprint density at radius 3 is 2.32 bits per heavy atom. The number of carbonyl (C=O) groups excluding carboxylic acids is 1. The number of carboxylic acids is 1. The maximum atomic E-state index is 11.8. The van der Waals surface area contributed by atoms with Crippen LogP contribution in [0.3, 0.4) is 0 Å². The molecule has 2 amide bonds. The third-order valence-corrected chi connectivity index (χ3v) is 3.26. The highest BCUT2D eigenvalue weighted by Gasteiger charge is 2.29. The molecule has 0 bridgehead atoms. The van der Waals surface area contributed by atoms with Crippen LogP contribution in [0.1, 0.15) is 25.0 Å². The van der Waals surface area contributed by atoms with Crippen molar-refractivity contribution in [1.29, 1.82) is 0 Å². The van der Waals surface area contributed by atoms with Crippen molar-refractivity contribution in [3.63, 3.8) is 0 Å². The van der Waals surface area contributed by atoms with Crippen LogP contribution in [0.25, 0.3) is 0 Å². The van der Waals surface area contributed by atoms with Gasteiger partial charge in [-0.1, -0.05) is 6.07 Å². The van der Waals surface area contributed by atoms with E-state index in [0.717, 1.165) is 15.6 Å². The second kappa shape index (κ2) is 5.61. The fourth-order valence-electron chi connectivity index (χ4n) is 1.56. The number of amides is 2. The topological polar surface area (TPSA) is 78.4 Å². The summed E-state index contributed by atoms with van der Waals surface area (Å²) in [6, 6.07) is 3.26. The minimum atomic E-state index is -1.32. The van der Waals surface area contributed by atoms with Gasteiger partial charge in [-0.3, -0.25) is 0 Å². The van der Waals surface area contributed by atoms with Gasteiger partial charge >= 0.3 is 12.0 Å². The van der Waals surface area contributed by atoms with E-state index < -0.39 is 17.5 Å². The van der Waals surface area contributed by atoms with Crippen molar-refractivity contribution in [2.75, 3.05) is 5.32 Å². The quantitative estimate of drug-likeness (QED) is 0.797. The molecule has 0 aliphatic carbocycles. The van der Waals surface area contributed by atoms with E-state index in [0.29, 0.717) is 5.69 Å². The predicted molar refractivity (Wildman–Crippen MR) is 77.5 cm³/mol.